The van der Waals surface area contributed by atoms with Crippen LogP contribution < -0.4 is 10.5 Å². The van der Waals surface area contributed by atoms with Crippen molar-refractivity contribution >= 4 is 26.6 Å². The molecular formula is C15H21N3O2S. The molecule has 21 heavy (non-hydrogen) atoms. The number of hydrogen-bond donors (Lipinski definition) is 3. The Morgan fingerprint density at radius 1 is 1.24 bits per heavy atom. The highest BCUT2D eigenvalue weighted by Crippen LogP contribution is 2.31. The maximum Gasteiger partial charge on any atom is 0.243 e. The van der Waals surface area contributed by atoms with Crippen molar-refractivity contribution in [3.63, 3.8) is 0 Å². The molecule has 0 atom stereocenters. The minimum absolute atomic E-state index is 0.296. The zero-order valence-corrected chi connectivity index (χ0v) is 13.0. The molecule has 1 aliphatic carbocycles. The summed E-state index contributed by atoms with van der Waals surface area (Å²) in [5.41, 5.74) is 6.74. The molecule has 5 nitrogen and oxygen atoms in total. The number of H-pyrrole nitrogens is 1. The number of rotatable bonds is 3. The Balaban J connectivity index is 1.96. The van der Waals surface area contributed by atoms with Crippen LogP contribution in [-0.4, -0.2) is 18.9 Å². The normalized spacial score (nSPS) is 18.9. The average molecular weight is 307 g/mol. The van der Waals surface area contributed by atoms with Gasteiger partial charge in [-0.25, -0.2) is 13.1 Å². The number of anilines is 1. The monoisotopic (exact) mass is 307 g/mol. The highest BCUT2D eigenvalue weighted by Gasteiger charge is 2.33. The molecule has 1 saturated carbocycles. The van der Waals surface area contributed by atoms with Gasteiger partial charge in [0.25, 0.3) is 0 Å². The quantitative estimate of drug-likeness (QED) is 0.762. The molecule has 0 amide bonds. The number of fused-ring (bicyclic) bond motifs is 1. The molecular weight excluding hydrogens is 286 g/mol. The van der Waals surface area contributed by atoms with E-state index < -0.39 is 10.0 Å². The van der Waals surface area contributed by atoms with Crippen LogP contribution in [0.15, 0.2) is 29.3 Å². The summed E-state index contributed by atoms with van der Waals surface area (Å²) in [5, 5.41) is 0.677. The minimum Gasteiger partial charge on any atom is -0.399 e. The molecule has 0 aliphatic heterocycles. The van der Waals surface area contributed by atoms with Gasteiger partial charge in [-0.3, -0.25) is 0 Å². The largest absolute Gasteiger partial charge is 0.399 e. The summed E-state index contributed by atoms with van der Waals surface area (Å²) in [7, 11) is -3.54. The average Bonchev–Trinajstić information content (AvgIpc) is 2.81. The first-order chi connectivity index (χ1) is 9.90. The lowest BCUT2D eigenvalue weighted by atomic mass is 9.84. The topological polar surface area (TPSA) is 88.0 Å². The van der Waals surface area contributed by atoms with E-state index in [1.807, 2.05) is 6.92 Å². The summed E-state index contributed by atoms with van der Waals surface area (Å²) in [6.45, 7) is 2.00. The highest BCUT2D eigenvalue weighted by molar-refractivity contribution is 7.89. The van der Waals surface area contributed by atoms with E-state index in [1.165, 1.54) is 6.42 Å². The summed E-state index contributed by atoms with van der Waals surface area (Å²) in [4.78, 5) is 3.28. The fraction of sp³-hybridized carbons (Fsp3) is 0.467. The fourth-order valence-electron chi connectivity index (χ4n) is 3.15. The minimum atomic E-state index is -3.54. The fourth-order valence-corrected chi connectivity index (χ4v) is 4.80. The molecule has 0 radical (unpaired) electrons. The van der Waals surface area contributed by atoms with Crippen molar-refractivity contribution < 1.29 is 8.42 Å². The lowest BCUT2D eigenvalue weighted by Crippen LogP contribution is -2.47. The van der Waals surface area contributed by atoms with Crippen LogP contribution in [0, 0.1) is 0 Å². The van der Waals surface area contributed by atoms with Gasteiger partial charge in [0.1, 0.15) is 4.90 Å². The van der Waals surface area contributed by atoms with Gasteiger partial charge in [-0.2, -0.15) is 0 Å². The van der Waals surface area contributed by atoms with Crippen molar-refractivity contribution in [1.29, 1.82) is 0 Å². The Hall–Kier alpha value is -1.53. The van der Waals surface area contributed by atoms with Crippen LogP contribution in [0.4, 0.5) is 5.69 Å². The van der Waals surface area contributed by atoms with E-state index in [1.54, 1.807) is 24.4 Å². The summed E-state index contributed by atoms with van der Waals surface area (Å²) in [5.74, 6) is 0. The maximum absolute atomic E-state index is 12.7. The van der Waals surface area contributed by atoms with Crippen LogP contribution in [-0.2, 0) is 10.0 Å². The lowest BCUT2D eigenvalue weighted by molar-refractivity contribution is 0.294. The third kappa shape index (κ3) is 2.78. The molecule has 0 bridgehead atoms. The zero-order chi connectivity index (χ0) is 15.1. The third-order valence-electron chi connectivity index (χ3n) is 4.30. The van der Waals surface area contributed by atoms with Crippen LogP contribution in [0.25, 0.3) is 10.9 Å². The Labute approximate surface area is 125 Å². The Morgan fingerprint density at radius 2 is 1.95 bits per heavy atom. The highest BCUT2D eigenvalue weighted by atomic mass is 32.2. The van der Waals surface area contributed by atoms with Gasteiger partial charge in [-0.15, -0.1) is 0 Å². The summed E-state index contributed by atoms with van der Waals surface area (Å²) < 4.78 is 28.3. The van der Waals surface area contributed by atoms with Crippen LogP contribution in [0.5, 0.6) is 0 Å². The molecule has 0 spiro atoms. The Morgan fingerprint density at radius 3 is 2.67 bits per heavy atom. The van der Waals surface area contributed by atoms with Gasteiger partial charge >= 0.3 is 0 Å². The molecule has 6 heteroatoms. The Kier molecular flexibility index (Phi) is 3.45. The predicted molar refractivity (Wildman–Crippen MR) is 84.5 cm³/mol. The van der Waals surface area contributed by atoms with Crippen molar-refractivity contribution in [2.24, 2.45) is 0 Å². The van der Waals surface area contributed by atoms with Gasteiger partial charge in [-0.1, -0.05) is 19.3 Å². The number of nitrogens with one attached hydrogen (secondary N) is 2. The second kappa shape index (κ2) is 5.03. The second-order valence-electron chi connectivity index (χ2n) is 6.18. The van der Waals surface area contributed by atoms with Crippen LogP contribution in [0.3, 0.4) is 0 Å². The second-order valence-corrected chi connectivity index (χ2v) is 7.84. The molecule has 4 N–H and O–H groups in total. The van der Waals surface area contributed by atoms with E-state index in [0.717, 1.165) is 31.2 Å². The number of sulfonamides is 1. The van der Waals surface area contributed by atoms with Gasteiger partial charge < -0.3 is 10.7 Å². The van der Waals surface area contributed by atoms with Gasteiger partial charge in [0.15, 0.2) is 0 Å². The maximum atomic E-state index is 12.7. The number of aromatic nitrogens is 1. The summed E-state index contributed by atoms with van der Waals surface area (Å²) in [6.07, 6.45) is 6.65. The molecule has 1 aromatic heterocycles. The SMILES string of the molecule is CC1(NS(=O)(=O)c2c[nH]c3cc(N)ccc23)CCCCC1. The van der Waals surface area contributed by atoms with E-state index >= 15 is 0 Å². The molecule has 114 valence electrons. The first-order valence-corrected chi connectivity index (χ1v) is 8.79. The number of nitrogen functional groups attached to an aromatic ring is 1. The van der Waals surface area contributed by atoms with E-state index in [2.05, 4.69) is 9.71 Å². The summed E-state index contributed by atoms with van der Waals surface area (Å²) >= 11 is 0. The molecule has 0 saturated heterocycles. The smallest absolute Gasteiger partial charge is 0.243 e. The summed E-state index contributed by atoms with van der Waals surface area (Å²) in [6, 6.07) is 5.22. The van der Waals surface area contributed by atoms with Crippen LogP contribution >= 0.6 is 0 Å². The Bertz CT molecular complexity index is 758. The van der Waals surface area contributed by atoms with Crippen molar-refractivity contribution in [2.45, 2.75) is 49.5 Å². The van der Waals surface area contributed by atoms with Crippen LogP contribution in [0.2, 0.25) is 0 Å². The van der Waals surface area contributed by atoms with Gasteiger partial charge in [-0.05, 0) is 38.0 Å². The molecule has 1 aliphatic rings. The van der Waals surface area contributed by atoms with Gasteiger partial charge in [0.2, 0.25) is 10.0 Å². The standard InChI is InChI=1S/C15H21N3O2S/c1-15(7-3-2-4-8-15)18-21(19,20)14-10-17-13-9-11(16)5-6-12(13)14/h5-6,9-10,17-18H,2-4,7-8,16H2,1H3. The van der Waals surface area contributed by atoms with E-state index in [9.17, 15) is 8.42 Å². The zero-order valence-electron chi connectivity index (χ0n) is 12.1. The van der Waals surface area contributed by atoms with E-state index in [-0.39, 0.29) is 5.54 Å². The number of hydrogen-bond acceptors (Lipinski definition) is 3. The molecule has 0 unspecified atom stereocenters. The predicted octanol–water partition coefficient (Wildman–Crippen LogP) is 2.75. The van der Waals surface area contributed by atoms with Crippen LogP contribution in [0.1, 0.15) is 39.0 Å². The lowest BCUT2D eigenvalue weighted by Gasteiger charge is -2.34. The van der Waals surface area contributed by atoms with E-state index in [0.29, 0.717) is 16.0 Å². The molecule has 1 aromatic carbocycles. The van der Waals surface area contributed by atoms with E-state index in [4.69, 9.17) is 5.73 Å². The first-order valence-electron chi connectivity index (χ1n) is 7.30. The number of nitrogens with two attached hydrogens (primary N) is 1. The molecule has 2 aromatic rings. The van der Waals surface area contributed by atoms with Crippen molar-refractivity contribution in [1.82, 2.24) is 9.71 Å². The van der Waals surface area contributed by atoms with Gasteiger partial charge in [0, 0.05) is 28.3 Å². The molecule has 3 rings (SSSR count). The number of aromatic amines is 1. The third-order valence-corrected chi connectivity index (χ3v) is 5.97. The molecule has 1 heterocycles. The van der Waals surface area contributed by atoms with Gasteiger partial charge in [0.05, 0.1) is 0 Å². The van der Waals surface area contributed by atoms with Crippen molar-refractivity contribution in [3.05, 3.63) is 24.4 Å². The first kappa shape index (κ1) is 14.4. The number of benzene rings is 1. The van der Waals surface area contributed by atoms with Crippen molar-refractivity contribution in [3.8, 4) is 0 Å². The molecule has 1 fully saturated rings. The van der Waals surface area contributed by atoms with Crippen molar-refractivity contribution in [2.75, 3.05) is 5.73 Å².